The van der Waals surface area contributed by atoms with Crippen molar-refractivity contribution in [1.29, 1.82) is 0 Å². The van der Waals surface area contributed by atoms with Crippen molar-refractivity contribution >= 4 is 54.3 Å². The van der Waals surface area contributed by atoms with E-state index in [1.54, 1.807) is 0 Å². The summed E-state index contributed by atoms with van der Waals surface area (Å²) < 4.78 is 6.34. The standard InChI is InChI=1S/C40H24N2O/c1-2-9-27-24-38-34(22-26(27)8-1)33-23-28(16-17-37(33)43-38)39-29-10-3-5-12-31(29)40(32-13-6-4-11-30(32)39)36-15-7-14-35(42-36)25-18-20-41-21-19-25/h1-24H. The first-order valence-electron chi connectivity index (χ1n) is 14.5. The van der Waals surface area contributed by atoms with Gasteiger partial charge < -0.3 is 4.42 Å². The van der Waals surface area contributed by atoms with Crippen LogP contribution in [0.5, 0.6) is 0 Å². The van der Waals surface area contributed by atoms with Crippen molar-refractivity contribution in [2.45, 2.75) is 0 Å². The summed E-state index contributed by atoms with van der Waals surface area (Å²) in [5.41, 5.74) is 8.28. The summed E-state index contributed by atoms with van der Waals surface area (Å²) >= 11 is 0. The van der Waals surface area contributed by atoms with Crippen molar-refractivity contribution in [2.24, 2.45) is 0 Å². The second kappa shape index (κ2) is 9.37. The summed E-state index contributed by atoms with van der Waals surface area (Å²) in [6.07, 6.45) is 3.62. The molecule has 0 aliphatic rings. The van der Waals surface area contributed by atoms with E-state index in [1.165, 1.54) is 43.4 Å². The van der Waals surface area contributed by atoms with Gasteiger partial charge in [0, 0.05) is 34.3 Å². The molecule has 9 rings (SSSR count). The van der Waals surface area contributed by atoms with E-state index in [4.69, 9.17) is 9.40 Å². The van der Waals surface area contributed by atoms with Gasteiger partial charge in [0.2, 0.25) is 0 Å². The number of pyridine rings is 2. The first kappa shape index (κ1) is 23.9. The minimum Gasteiger partial charge on any atom is -0.456 e. The Labute approximate surface area is 247 Å². The monoisotopic (exact) mass is 548 g/mol. The van der Waals surface area contributed by atoms with Gasteiger partial charge in [0.15, 0.2) is 0 Å². The fraction of sp³-hybridized carbons (Fsp3) is 0. The Bertz CT molecular complexity index is 2450. The largest absolute Gasteiger partial charge is 0.456 e. The quantitative estimate of drug-likeness (QED) is 0.206. The minimum atomic E-state index is 0.899. The van der Waals surface area contributed by atoms with Gasteiger partial charge in [0.25, 0.3) is 0 Å². The van der Waals surface area contributed by atoms with Gasteiger partial charge in [-0.1, -0.05) is 84.9 Å². The Kier molecular flexibility index (Phi) is 5.20. The van der Waals surface area contributed by atoms with Crippen LogP contribution in [0.2, 0.25) is 0 Å². The van der Waals surface area contributed by atoms with Gasteiger partial charge in [-0.15, -0.1) is 0 Å². The van der Waals surface area contributed by atoms with Gasteiger partial charge in [0.1, 0.15) is 11.2 Å². The van der Waals surface area contributed by atoms with E-state index < -0.39 is 0 Å². The molecule has 6 aromatic carbocycles. The zero-order chi connectivity index (χ0) is 28.3. The molecule has 0 unspecified atom stereocenters. The third-order valence-corrected chi connectivity index (χ3v) is 8.54. The highest BCUT2D eigenvalue weighted by atomic mass is 16.3. The Morgan fingerprint density at radius 2 is 1.00 bits per heavy atom. The molecular weight excluding hydrogens is 524 g/mol. The normalized spacial score (nSPS) is 11.7. The highest BCUT2D eigenvalue weighted by Gasteiger charge is 2.19. The van der Waals surface area contributed by atoms with Crippen LogP contribution in [0.4, 0.5) is 0 Å². The van der Waals surface area contributed by atoms with E-state index in [9.17, 15) is 0 Å². The first-order chi connectivity index (χ1) is 21.3. The van der Waals surface area contributed by atoms with E-state index in [-0.39, 0.29) is 0 Å². The van der Waals surface area contributed by atoms with Crippen LogP contribution in [0.1, 0.15) is 0 Å². The van der Waals surface area contributed by atoms with E-state index in [0.29, 0.717) is 0 Å². The van der Waals surface area contributed by atoms with Crippen molar-refractivity contribution in [1.82, 2.24) is 9.97 Å². The SMILES string of the molecule is c1cc(-c2ccncc2)nc(-c2c3ccccc3c(-c3ccc4oc5cc6ccccc6cc5c4c3)c3ccccc23)c1. The lowest BCUT2D eigenvalue weighted by molar-refractivity contribution is 0.669. The number of nitrogens with zero attached hydrogens (tertiary/aromatic N) is 2. The summed E-state index contributed by atoms with van der Waals surface area (Å²) in [4.78, 5) is 9.35. The van der Waals surface area contributed by atoms with E-state index >= 15 is 0 Å². The lowest BCUT2D eigenvalue weighted by Crippen LogP contribution is -1.93. The molecule has 0 amide bonds. The van der Waals surface area contributed by atoms with Crippen LogP contribution in [-0.2, 0) is 0 Å². The molecule has 3 nitrogen and oxygen atoms in total. The van der Waals surface area contributed by atoms with Crippen molar-refractivity contribution in [3.05, 3.63) is 146 Å². The molecule has 0 aliphatic heterocycles. The number of rotatable bonds is 3. The van der Waals surface area contributed by atoms with Crippen LogP contribution in [0.3, 0.4) is 0 Å². The number of benzene rings is 6. The molecule has 200 valence electrons. The van der Waals surface area contributed by atoms with Crippen LogP contribution in [0.15, 0.2) is 150 Å². The predicted octanol–water partition coefficient (Wildman–Crippen LogP) is 10.8. The Hall–Kier alpha value is -5.80. The molecule has 0 atom stereocenters. The first-order valence-corrected chi connectivity index (χ1v) is 14.5. The molecule has 9 aromatic rings. The molecule has 0 saturated heterocycles. The van der Waals surface area contributed by atoms with Gasteiger partial charge in [-0.3, -0.25) is 4.98 Å². The molecule has 0 spiro atoms. The van der Waals surface area contributed by atoms with E-state index in [1.807, 2.05) is 24.5 Å². The Morgan fingerprint density at radius 3 is 1.72 bits per heavy atom. The zero-order valence-corrected chi connectivity index (χ0v) is 23.2. The molecule has 43 heavy (non-hydrogen) atoms. The Morgan fingerprint density at radius 1 is 0.395 bits per heavy atom. The third kappa shape index (κ3) is 3.75. The summed E-state index contributed by atoms with van der Waals surface area (Å²) in [6, 6.07) is 47.2. The fourth-order valence-electron chi connectivity index (χ4n) is 6.59. The number of fused-ring (bicyclic) bond motifs is 6. The van der Waals surface area contributed by atoms with Crippen molar-refractivity contribution in [3.63, 3.8) is 0 Å². The number of hydrogen-bond donors (Lipinski definition) is 0. The average molecular weight is 549 g/mol. The molecule has 0 radical (unpaired) electrons. The molecule has 3 heterocycles. The zero-order valence-electron chi connectivity index (χ0n) is 23.2. The molecule has 0 aliphatic carbocycles. The van der Waals surface area contributed by atoms with Crippen molar-refractivity contribution < 1.29 is 4.42 Å². The lowest BCUT2D eigenvalue weighted by Gasteiger charge is -2.17. The highest BCUT2D eigenvalue weighted by molar-refractivity contribution is 6.22. The number of aromatic nitrogens is 2. The fourth-order valence-corrected chi connectivity index (χ4v) is 6.59. The molecule has 0 saturated carbocycles. The van der Waals surface area contributed by atoms with Crippen LogP contribution >= 0.6 is 0 Å². The van der Waals surface area contributed by atoms with Crippen molar-refractivity contribution in [3.8, 4) is 33.6 Å². The summed E-state index contributed by atoms with van der Waals surface area (Å²) in [5, 5.41) is 9.42. The summed E-state index contributed by atoms with van der Waals surface area (Å²) in [7, 11) is 0. The van der Waals surface area contributed by atoms with Gasteiger partial charge in [-0.05, 0) is 92.0 Å². The maximum atomic E-state index is 6.34. The number of furan rings is 1. The predicted molar refractivity (Wildman–Crippen MR) is 178 cm³/mol. The highest BCUT2D eigenvalue weighted by Crippen LogP contribution is 2.44. The molecular formula is C40H24N2O. The van der Waals surface area contributed by atoms with Crippen LogP contribution in [-0.4, -0.2) is 9.97 Å². The van der Waals surface area contributed by atoms with E-state index in [2.05, 4.69) is 126 Å². The molecule has 0 N–H and O–H groups in total. The van der Waals surface area contributed by atoms with Gasteiger partial charge in [-0.25, -0.2) is 4.98 Å². The molecule has 0 bridgehead atoms. The van der Waals surface area contributed by atoms with Crippen LogP contribution < -0.4 is 0 Å². The maximum absolute atomic E-state index is 6.34. The third-order valence-electron chi connectivity index (χ3n) is 8.54. The van der Waals surface area contributed by atoms with Crippen molar-refractivity contribution in [2.75, 3.05) is 0 Å². The van der Waals surface area contributed by atoms with E-state index in [0.717, 1.165) is 44.5 Å². The van der Waals surface area contributed by atoms with Gasteiger partial charge >= 0.3 is 0 Å². The summed E-state index contributed by atoms with van der Waals surface area (Å²) in [6.45, 7) is 0. The second-order valence-electron chi connectivity index (χ2n) is 11.0. The van der Waals surface area contributed by atoms with Crippen LogP contribution in [0, 0.1) is 0 Å². The molecule has 3 aromatic heterocycles. The molecule has 3 heteroatoms. The number of hydrogen-bond acceptors (Lipinski definition) is 3. The van der Waals surface area contributed by atoms with Gasteiger partial charge in [-0.2, -0.15) is 0 Å². The Balaban J connectivity index is 1.33. The maximum Gasteiger partial charge on any atom is 0.136 e. The molecule has 0 fully saturated rings. The topological polar surface area (TPSA) is 38.9 Å². The summed E-state index contributed by atoms with van der Waals surface area (Å²) in [5.74, 6) is 0. The average Bonchev–Trinajstić information content (AvgIpc) is 3.43. The smallest absolute Gasteiger partial charge is 0.136 e. The lowest BCUT2D eigenvalue weighted by atomic mass is 9.87. The minimum absolute atomic E-state index is 0.899. The van der Waals surface area contributed by atoms with Gasteiger partial charge in [0.05, 0.1) is 11.4 Å². The second-order valence-corrected chi connectivity index (χ2v) is 11.0. The van der Waals surface area contributed by atoms with Crippen LogP contribution in [0.25, 0.3) is 87.9 Å².